The zero-order valence-corrected chi connectivity index (χ0v) is 11.1. The van der Waals surface area contributed by atoms with Crippen molar-refractivity contribution in [2.45, 2.75) is 0 Å². The van der Waals surface area contributed by atoms with Crippen molar-refractivity contribution in [3.63, 3.8) is 0 Å². The Kier molecular flexibility index (Phi) is 3.81. The van der Waals surface area contributed by atoms with Crippen LogP contribution in [-0.4, -0.2) is 27.3 Å². The molecule has 1 aromatic heterocycles. The van der Waals surface area contributed by atoms with E-state index in [1.807, 2.05) is 0 Å². The smallest absolute Gasteiger partial charge is 0.337 e. The van der Waals surface area contributed by atoms with Crippen LogP contribution in [0, 0.1) is 0 Å². The molecule has 2 rings (SSSR count). The summed E-state index contributed by atoms with van der Waals surface area (Å²) in [4.78, 5) is 22.8. The molecular formula is C11H9BrN4O3. The molecule has 2 aromatic rings. The maximum absolute atomic E-state index is 11.7. The number of nitrogens with zero attached hydrogens (tertiary/aromatic N) is 1. The molecule has 0 radical (unpaired) electrons. The van der Waals surface area contributed by atoms with Gasteiger partial charge in [-0.05, 0) is 28.1 Å². The van der Waals surface area contributed by atoms with Gasteiger partial charge in [-0.3, -0.25) is 5.10 Å². The van der Waals surface area contributed by atoms with Gasteiger partial charge in [0.2, 0.25) is 0 Å². The summed E-state index contributed by atoms with van der Waals surface area (Å²) in [6.45, 7) is 0. The summed E-state index contributed by atoms with van der Waals surface area (Å²) in [6, 6.07) is 4.06. The molecule has 7 nitrogen and oxygen atoms in total. The summed E-state index contributed by atoms with van der Waals surface area (Å²) >= 11 is 3.20. The second-order valence-corrected chi connectivity index (χ2v) is 4.39. The summed E-state index contributed by atoms with van der Waals surface area (Å²) in [7, 11) is 0. The molecule has 1 heterocycles. The highest BCUT2D eigenvalue weighted by atomic mass is 79.9. The number of nitrogens with one attached hydrogen (secondary N) is 3. The number of para-hydroxylation sites is 1. The third kappa shape index (κ3) is 3.10. The molecule has 4 N–H and O–H groups in total. The summed E-state index contributed by atoms with van der Waals surface area (Å²) in [6.07, 6.45) is 2.93. The first-order valence-corrected chi connectivity index (χ1v) is 5.96. The van der Waals surface area contributed by atoms with Gasteiger partial charge in [0, 0.05) is 10.7 Å². The van der Waals surface area contributed by atoms with Gasteiger partial charge >= 0.3 is 12.0 Å². The molecule has 8 heteroatoms. The lowest BCUT2D eigenvalue weighted by atomic mass is 10.2. The Morgan fingerprint density at radius 3 is 2.74 bits per heavy atom. The van der Waals surface area contributed by atoms with Gasteiger partial charge in [0.1, 0.15) is 0 Å². The number of urea groups is 1. The van der Waals surface area contributed by atoms with E-state index in [9.17, 15) is 9.59 Å². The quantitative estimate of drug-likeness (QED) is 0.695. The molecule has 0 aliphatic rings. The first-order chi connectivity index (χ1) is 9.08. The fraction of sp³-hybridized carbons (Fsp3) is 0. The number of hydrogen-bond acceptors (Lipinski definition) is 3. The van der Waals surface area contributed by atoms with E-state index in [0.29, 0.717) is 10.2 Å². The first-order valence-electron chi connectivity index (χ1n) is 5.16. The average Bonchev–Trinajstić information content (AvgIpc) is 2.84. The fourth-order valence-electron chi connectivity index (χ4n) is 1.42. The van der Waals surface area contributed by atoms with E-state index in [1.165, 1.54) is 18.5 Å². The van der Waals surface area contributed by atoms with Gasteiger partial charge in [-0.2, -0.15) is 5.10 Å². The number of benzene rings is 1. The van der Waals surface area contributed by atoms with Crippen LogP contribution in [0.25, 0.3) is 0 Å². The largest absolute Gasteiger partial charge is 0.478 e. The number of aromatic amines is 1. The Morgan fingerprint density at radius 2 is 2.11 bits per heavy atom. The van der Waals surface area contributed by atoms with Crippen LogP contribution in [0.4, 0.5) is 16.2 Å². The number of aromatic nitrogens is 2. The SMILES string of the molecule is O=C(Nc1cn[nH]c1)Nc1c(Br)cccc1C(=O)O. The Hall–Kier alpha value is -2.35. The molecule has 0 unspecified atom stereocenters. The normalized spacial score (nSPS) is 9.95. The molecule has 1 aromatic carbocycles. The maximum Gasteiger partial charge on any atom is 0.337 e. The van der Waals surface area contributed by atoms with Gasteiger partial charge in [0.05, 0.1) is 23.1 Å². The summed E-state index contributed by atoms with van der Waals surface area (Å²) < 4.78 is 0.481. The zero-order chi connectivity index (χ0) is 13.8. The van der Waals surface area contributed by atoms with Crippen LogP contribution in [0.1, 0.15) is 10.4 Å². The van der Waals surface area contributed by atoms with E-state index >= 15 is 0 Å². The van der Waals surface area contributed by atoms with Crippen molar-refractivity contribution in [1.82, 2.24) is 10.2 Å². The van der Waals surface area contributed by atoms with Gasteiger partial charge < -0.3 is 15.7 Å². The van der Waals surface area contributed by atoms with Crippen LogP contribution in [0.3, 0.4) is 0 Å². The van der Waals surface area contributed by atoms with Gasteiger partial charge in [-0.15, -0.1) is 0 Å². The highest BCUT2D eigenvalue weighted by Gasteiger charge is 2.15. The first kappa shape index (κ1) is 13.1. The molecule has 0 saturated heterocycles. The minimum Gasteiger partial charge on any atom is -0.478 e. The Labute approximate surface area is 116 Å². The van der Waals surface area contributed by atoms with Crippen LogP contribution in [-0.2, 0) is 0 Å². The maximum atomic E-state index is 11.7. The standard InChI is InChI=1S/C11H9BrN4O3/c12-8-3-1-2-7(10(17)18)9(8)16-11(19)15-6-4-13-14-5-6/h1-5H,(H,13,14)(H,17,18)(H2,15,16,19). The van der Waals surface area contributed by atoms with E-state index in [-0.39, 0.29) is 11.3 Å². The van der Waals surface area contributed by atoms with E-state index in [1.54, 1.807) is 12.1 Å². The van der Waals surface area contributed by atoms with Crippen molar-refractivity contribution >= 4 is 39.3 Å². The van der Waals surface area contributed by atoms with Crippen molar-refractivity contribution in [2.75, 3.05) is 10.6 Å². The van der Waals surface area contributed by atoms with Crippen molar-refractivity contribution in [1.29, 1.82) is 0 Å². The molecule has 0 aliphatic carbocycles. The Bertz CT molecular complexity index is 612. The molecule has 0 spiro atoms. The molecule has 0 atom stereocenters. The summed E-state index contributed by atoms with van der Waals surface area (Å²) in [5.74, 6) is -1.13. The van der Waals surface area contributed by atoms with E-state index < -0.39 is 12.0 Å². The lowest BCUT2D eigenvalue weighted by Crippen LogP contribution is -2.21. The molecule has 2 amide bonds. The van der Waals surface area contributed by atoms with Crippen LogP contribution >= 0.6 is 15.9 Å². The predicted molar refractivity (Wildman–Crippen MR) is 72.3 cm³/mol. The fourth-order valence-corrected chi connectivity index (χ4v) is 1.89. The Morgan fingerprint density at radius 1 is 1.32 bits per heavy atom. The van der Waals surface area contributed by atoms with Crippen LogP contribution in [0.5, 0.6) is 0 Å². The topological polar surface area (TPSA) is 107 Å². The number of H-pyrrole nitrogens is 1. The highest BCUT2D eigenvalue weighted by Crippen LogP contribution is 2.26. The lowest BCUT2D eigenvalue weighted by Gasteiger charge is -2.10. The van der Waals surface area contributed by atoms with Crippen LogP contribution < -0.4 is 10.6 Å². The van der Waals surface area contributed by atoms with E-state index in [0.717, 1.165) is 0 Å². The number of carboxylic acids is 1. The van der Waals surface area contributed by atoms with Crippen molar-refractivity contribution in [2.24, 2.45) is 0 Å². The van der Waals surface area contributed by atoms with Gasteiger partial charge in [0.15, 0.2) is 0 Å². The van der Waals surface area contributed by atoms with Crippen LogP contribution in [0.2, 0.25) is 0 Å². The second kappa shape index (κ2) is 5.53. The average molecular weight is 325 g/mol. The third-order valence-corrected chi connectivity index (χ3v) is 2.90. The van der Waals surface area contributed by atoms with Crippen molar-refractivity contribution in [3.8, 4) is 0 Å². The number of carboxylic acid groups (broad SMARTS) is 1. The molecule has 0 fully saturated rings. The second-order valence-electron chi connectivity index (χ2n) is 3.53. The van der Waals surface area contributed by atoms with Crippen LogP contribution in [0.15, 0.2) is 35.1 Å². The third-order valence-electron chi connectivity index (χ3n) is 2.24. The monoisotopic (exact) mass is 324 g/mol. The molecule has 98 valence electrons. The van der Waals surface area contributed by atoms with Crippen molar-refractivity contribution in [3.05, 3.63) is 40.6 Å². The van der Waals surface area contributed by atoms with Gasteiger partial charge in [0.25, 0.3) is 0 Å². The molecule has 19 heavy (non-hydrogen) atoms. The number of halogens is 1. The highest BCUT2D eigenvalue weighted by molar-refractivity contribution is 9.10. The summed E-state index contributed by atoms with van der Waals surface area (Å²) in [5.41, 5.74) is 0.661. The number of aromatic carboxylic acids is 1. The minimum absolute atomic E-state index is 0.00304. The van der Waals surface area contributed by atoms with E-state index in [4.69, 9.17) is 5.11 Å². The number of anilines is 2. The van der Waals surface area contributed by atoms with Crippen molar-refractivity contribution < 1.29 is 14.7 Å². The number of carbonyl (C=O) groups is 2. The molecule has 0 bridgehead atoms. The summed E-state index contributed by atoms with van der Waals surface area (Å²) in [5, 5.41) is 20.3. The molecular weight excluding hydrogens is 316 g/mol. The lowest BCUT2D eigenvalue weighted by molar-refractivity contribution is 0.0698. The number of carbonyl (C=O) groups excluding carboxylic acids is 1. The predicted octanol–water partition coefficient (Wildman–Crippen LogP) is 2.51. The number of rotatable bonds is 3. The Balaban J connectivity index is 2.19. The number of hydrogen-bond donors (Lipinski definition) is 4. The number of amides is 2. The van der Waals surface area contributed by atoms with Gasteiger partial charge in [-0.1, -0.05) is 6.07 Å². The molecule has 0 saturated carbocycles. The van der Waals surface area contributed by atoms with Gasteiger partial charge in [-0.25, -0.2) is 9.59 Å². The molecule has 0 aliphatic heterocycles. The minimum atomic E-state index is -1.13. The zero-order valence-electron chi connectivity index (χ0n) is 9.48. The van der Waals surface area contributed by atoms with E-state index in [2.05, 4.69) is 36.8 Å².